The molecule has 0 atom stereocenters. The van der Waals surface area contributed by atoms with Crippen molar-refractivity contribution in [3.8, 4) is 33.4 Å². The van der Waals surface area contributed by atoms with Crippen LogP contribution in [0.3, 0.4) is 0 Å². The summed E-state index contributed by atoms with van der Waals surface area (Å²) in [5.74, 6) is 0. The zero-order valence-electron chi connectivity index (χ0n) is 31.7. The molecule has 1 aromatic heterocycles. The Hall–Kier alpha value is -6.90. The van der Waals surface area contributed by atoms with E-state index in [1.807, 2.05) is 0 Å². The Labute approximate surface area is 326 Å². The van der Waals surface area contributed by atoms with E-state index < -0.39 is 0 Å². The van der Waals surface area contributed by atoms with Crippen LogP contribution in [0.4, 0.5) is 17.1 Å². The molecule has 0 unspecified atom stereocenters. The number of benzene rings is 9. The second kappa shape index (κ2) is 12.3. The van der Waals surface area contributed by atoms with Gasteiger partial charge in [-0.1, -0.05) is 147 Å². The standard InChI is InChI=1S/C54H39NO/c1-34-12-9-21-47-51(34)45-29-27-40(32-48(45)54(47,2)3)55(41-28-30-46-50(33-41)56-49-31-24-36-15-7-8-18-44(36)53(46)49)39-25-22-37(23-26-39)43-20-11-17-38-16-10-19-42(52(38)43)35-13-5-4-6-14-35/h4-33H,1-3H3. The second-order valence-corrected chi connectivity index (χ2v) is 15.8. The summed E-state index contributed by atoms with van der Waals surface area (Å²) < 4.78 is 6.62. The summed E-state index contributed by atoms with van der Waals surface area (Å²) in [5, 5.41) is 7.22. The average molecular weight is 718 g/mol. The predicted octanol–water partition coefficient (Wildman–Crippen LogP) is 15.3. The summed E-state index contributed by atoms with van der Waals surface area (Å²) >= 11 is 0. The third kappa shape index (κ3) is 4.89. The Balaban J connectivity index is 1.09. The maximum Gasteiger partial charge on any atom is 0.137 e. The molecule has 9 aromatic carbocycles. The first kappa shape index (κ1) is 32.5. The summed E-state index contributed by atoms with van der Waals surface area (Å²) in [7, 11) is 0. The molecule has 266 valence electrons. The molecule has 0 amide bonds. The van der Waals surface area contributed by atoms with Crippen molar-refractivity contribution in [1.82, 2.24) is 0 Å². The minimum atomic E-state index is -0.128. The van der Waals surface area contributed by atoms with Gasteiger partial charge >= 0.3 is 0 Å². The lowest BCUT2D eigenvalue weighted by atomic mass is 9.82. The monoisotopic (exact) mass is 717 g/mol. The summed E-state index contributed by atoms with van der Waals surface area (Å²) in [6.07, 6.45) is 0. The summed E-state index contributed by atoms with van der Waals surface area (Å²) in [5.41, 5.74) is 16.5. The molecule has 0 N–H and O–H groups in total. The van der Waals surface area contributed by atoms with Crippen LogP contribution in [0.2, 0.25) is 0 Å². The lowest BCUT2D eigenvalue weighted by Gasteiger charge is -2.28. The van der Waals surface area contributed by atoms with E-state index in [-0.39, 0.29) is 5.41 Å². The third-order valence-corrected chi connectivity index (χ3v) is 12.2. The largest absolute Gasteiger partial charge is 0.456 e. The van der Waals surface area contributed by atoms with Crippen LogP contribution in [0.15, 0.2) is 186 Å². The smallest absolute Gasteiger partial charge is 0.137 e. The number of nitrogens with zero attached hydrogens (tertiary/aromatic N) is 1. The minimum Gasteiger partial charge on any atom is -0.456 e. The van der Waals surface area contributed by atoms with Gasteiger partial charge in [0.2, 0.25) is 0 Å². The molecule has 56 heavy (non-hydrogen) atoms. The van der Waals surface area contributed by atoms with Crippen molar-refractivity contribution >= 4 is 60.5 Å². The van der Waals surface area contributed by atoms with Crippen LogP contribution < -0.4 is 4.90 Å². The number of hydrogen-bond acceptors (Lipinski definition) is 2. The lowest BCUT2D eigenvalue weighted by molar-refractivity contribution is 0.660. The molecule has 0 fully saturated rings. The van der Waals surface area contributed by atoms with Gasteiger partial charge in [-0.3, -0.25) is 0 Å². The van der Waals surface area contributed by atoms with Crippen LogP contribution in [0, 0.1) is 6.92 Å². The molecule has 0 saturated heterocycles. The molecule has 1 heterocycles. The highest BCUT2D eigenvalue weighted by molar-refractivity contribution is 6.19. The van der Waals surface area contributed by atoms with E-state index in [1.54, 1.807) is 0 Å². The molecule has 0 radical (unpaired) electrons. The van der Waals surface area contributed by atoms with Gasteiger partial charge in [-0.2, -0.15) is 0 Å². The van der Waals surface area contributed by atoms with E-state index in [2.05, 4.69) is 208 Å². The SMILES string of the molecule is Cc1cccc2c1-c1ccc(N(c3ccc(-c4cccc5cccc(-c6ccccc6)c45)cc3)c3ccc4c(c3)oc3ccc5ccccc5c34)cc1C2(C)C. The highest BCUT2D eigenvalue weighted by Gasteiger charge is 2.36. The van der Waals surface area contributed by atoms with Gasteiger partial charge in [0, 0.05) is 39.3 Å². The molecular weight excluding hydrogens is 679 g/mol. The molecule has 2 heteroatoms. The van der Waals surface area contributed by atoms with E-state index >= 15 is 0 Å². The fraction of sp³-hybridized carbons (Fsp3) is 0.0741. The van der Waals surface area contributed by atoms with E-state index in [9.17, 15) is 0 Å². The zero-order valence-corrected chi connectivity index (χ0v) is 31.7. The van der Waals surface area contributed by atoms with Gasteiger partial charge in [0.15, 0.2) is 0 Å². The minimum absolute atomic E-state index is 0.128. The van der Waals surface area contributed by atoms with Crippen molar-refractivity contribution in [3.05, 3.63) is 199 Å². The Morgan fingerprint density at radius 2 is 1.09 bits per heavy atom. The fourth-order valence-corrected chi connectivity index (χ4v) is 9.45. The first-order chi connectivity index (χ1) is 27.4. The maximum absolute atomic E-state index is 6.62. The van der Waals surface area contributed by atoms with Gasteiger partial charge in [-0.25, -0.2) is 0 Å². The lowest BCUT2D eigenvalue weighted by Crippen LogP contribution is -2.16. The molecule has 1 aliphatic rings. The Bertz CT molecular complexity index is 3160. The predicted molar refractivity (Wildman–Crippen MR) is 237 cm³/mol. The number of furan rings is 1. The first-order valence-corrected chi connectivity index (χ1v) is 19.5. The molecule has 10 aromatic rings. The number of aryl methyl sites for hydroxylation is 1. The third-order valence-electron chi connectivity index (χ3n) is 12.2. The zero-order chi connectivity index (χ0) is 37.5. The van der Waals surface area contributed by atoms with Gasteiger partial charge in [0.25, 0.3) is 0 Å². The molecule has 0 aliphatic heterocycles. The van der Waals surface area contributed by atoms with Gasteiger partial charge < -0.3 is 9.32 Å². The van der Waals surface area contributed by atoms with Gasteiger partial charge in [-0.05, 0) is 121 Å². The van der Waals surface area contributed by atoms with Gasteiger partial charge in [-0.15, -0.1) is 0 Å². The maximum atomic E-state index is 6.62. The molecule has 2 nitrogen and oxygen atoms in total. The Kier molecular flexibility index (Phi) is 7.15. The van der Waals surface area contributed by atoms with Crippen molar-refractivity contribution in [3.63, 3.8) is 0 Å². The summed E-state index contributed by atoms with van der Waals surface area (Å²) in [6, 6.07) is 66.4. The van der Waals surface area contributed by atoms with E-state index in [0.717, 1.165) is 39.0 Å². The van der Waals surface area contributed by atoms with E-state index in [4.69, 9.17) is 4.42 Å². The molecule has 11 rings (SSSR count). The summed E-state index contributed by atoms with van der Waals surface area (Å²) in [6.45, 7) is 6.95. The van der Waals surface area contributed by atoms with Crippen LogP contribution in [0.1, 0.15) is 30.5 Å². The fourth-order valence-electron chi connectivity index (χ4n) is 9.45. The van der Waals surface area contributed by atoms with Crippen molar-refractivity contribution < 1.29 is 4.42 Å². The summed E-state index contributed by atoms with van der Waals surface area (Å²) in [4.78, 5) is 2.39. The average Bonchev–Trinajstić information content (AvgIpc) is 3.73. The quantitative estimate of drug-likeness (QED) is 0.176. The van der Waals surface area contributed by atoms with Crippen LogP contribution in [0.5, 0.6) is 0 Å². The van der Waals surface area contributed by atoms with E-state index in [0.29, 0.717) is 0 Å². The highest BCUT2D eigenvalue weighted by atomic mass is 16.3. The topological polar surface area (TPSA) is 16.4 Å². The van der Waals surface area contributed by atoms with Crippen molar-refractivity contribution in [2.45, 2.75) is 26.2 Å². The molecule has 1 aliphatic carbocycles. The number of anilines is 3. The van der Waals surface area contributed by atoms with Gasteiger partial charge in [0.05, 0.1) is 0 Å². The van der Waals surface area contributed by atoms with Crippen LogP contribution in [-0.2, 0) is 5.41 Å². The van der Waals surface area contributed by atoms with Crippen molar-refractivity contribution in [2.75, 3.05) is 4.90 Å². The van der Waals surface area contributed by atoms with E-state index in [1.165, 1.54) is 71.6 Å². The molecule has 0 spiro atoms. The molecule has 0 bridgehead atoms. The van der Waals surface area contributed by atoms with Crippen LogP contribution >= 0.6 is 0 Å². The first-order valence-electron chi connectivity index (χ1n) is 19.5. The normalized spacial score (nSPS) is 13.1. The van der Waals surface area contributed by atoms with Crippen molar-refractivity contribution in [1.29, 1.82) is 0 Å². The highest BCUT2D eigenvalue weighted by Crippen LogP contribution is 2.52. The number of hydrogen-bond donors (Lipinski definition) is 0. The van der Waals surface area contributed by atoms with Crippen LogP contribution in [-0.4, -0.2) is 0 Å². The van der Waals surface area contributed by atoms with Crippen molar-refractivity contribution in [2.24, 2.45) is 0 Å². The molecular formula is C54H39NO. The Morgan fingerprint density at radius 1 is 0.429 bits per heavy atom. The van der Waals surface area contributed by atoms with Crippen LogP contribution in [0.25, 0.3) is 76.9 Å². The Morgan fingerprint density at radius 3 is 1.89 bits per heavy atom. The molecule has 0 saturated carbocycles. The second-order valence-electron chi connectivity index (χ2n) is 15.8. The number of fused-ring (bicyclic) bond motifs is 9. The number of rotatable bonds is 5. The van der Waals surface area contributed by atoms with Gasteiger partial charge in [0.1, 0.15) is 11.2 Å².